The monoisotopic (exact) mass is 590 g/mol. The first-order chi connectivity index (χ1) is 21.5. The number of aryl methyl sites for hydroxylation is 1. The molecule has 2 amide bonds. The number of ether oxygens (including phenoxy) is 2. The van der Waals surface area contributed by atoms with Gasteiger partial charge in [-0.25, -0.2) is 0 Å². The van der Waals surface area contributed by atoms with Crippen molar-refractivity contribution in [1.82, 2.24) is 4.90 Å². The van der Waals surface area contributed by atoms with E-state index in [1.165, 1.54) is 5.56 Å². The number of morpholine rings is 2. The number of hydrogen-bond acceptors (Lipinski definition) is 6. The van der Waals surface area contributed by atoms with Crippen LogP contribution in [0, 0.1) is 6.92 Å². The molecule has 0 saturated carbocycles. The highest BCUT2D eigenvalue weighted by Crippen LogP contribution is 2.27. The number of nitrogens with zero attached hydrogens (tertiary/aromatic N) is 2. The van der Waals surface area contributed by atoms with Crippen molar-refractivity contribution >= 4 is 28.9 Å². The van der Waals surface area contributed by atoms with Crippen LogP contribution in [0.4, 0.5) is 17.1 Å². The minimum atomic E-state index is -0.162. The third-order valence-corrected chi connectivity index (χ3v) is 8.18. The fourth-order valence-electron chi connectivity index (χ4n) is 5.57. The van der Waals surface area contributed by atoms with E-state index < -0.39 is 0 Å². The molecule has 2 heterocycles. The van der Waals surface area contributed by atoms with Gasteiger partial charge in [-0.2, -0.15) is 0 Å². The third kappa shape index (κ3) is 7.34. The average molecular weight is 591 g/mol. The van der Waals surface area contributed by atoms with Gasteiger partial charge >= 0.3 is 0 Å². The minimum absolute atomic E-state index is 0.150. The second kappa shape index (κ2) is 13.9. The summed E-state index contributed by atoms with van der Waals surface area (Å²) in [7, 11) is 0. The zero-order chi connectivity index (χ0) is 30.3. The second-order valence-corrected chi connectivity index (χ2v) is 11.2. The Balaban J connectivity index is 1.07. The van der Waals surface area contributed by atoms with Gasteiger partial charge in [-0.3, -0.25) is 14.5 Å². The van der Waals surface area contributed by atoms with Crippen LogP contribution in [0.2, 0.25) is 0 Å². The van der Waals surface area contributed by atoms with Crippen LogP contribution in [0.1, 0.15) is 31.8 Å². The molecular formula is C36H38N4O4. The molecule has 4 aromatic rings. The predicted octanol–water partition coefficient (Wildman–Crippen LogP) is 5.84. The summed E-state index contributed by atoms with van der Waals surface area (Å²) in [6.45, 7) is 9.49. The van der Waals surface area contributed by atoms with E-state index in [1.54, 1.807) is 0 Å². The molecule has 0 unspecified atom stereocenters. The Labute approximate surface area is 258 Å². The van der Waals surface area contributed by atoms with Crippen molar-refractivity contribution in [2.75, 3.05) is 68.1 Å². The number of amides is 2. The highest BCUT2D eigenvalue weighted by molar-refractivity contribution is 6.05. The highest BCUT2D eigenvalue weighted by atomic mass is 16.5. The van der Waals surface area contributed by atoms with Crippen molar-refractivity contribution in [1.29, 1.82) is 0 Å². The third-order valence-electron chi connectivity index (χ3n) is 8.18. The largest absolute Gasteiger partial charge is 0.379 e. The van der Waals surface area contributed by atoms with E-state index in [0.29, 0.717) is 16.8 Å². The van der Waals surface area contributed by atoms with Crippen molar-refractivity contribution in [3.05, 3.63) is 113 Å². The summed E-state index contributed by atoms with van der Waals surface area (Å²) in [4.78, 5) is 30.7. The van der Waals surface area contributed by atoms with E-state index in [1.807, 2.05) is 97.9 Å². The molecule has 2 aliphatic heterocycles. The van der Waals surface area contributed by atoms with E-state index in [-0.39, 0.29) is 11.8 Å². The fourth-order valence-corrected chi connectivity index (χ4v) is 5.57. The number of anilines is 3. The lowest BCUT2D eigenvalue weighted by Crippen LogP contribution is -2.36. The molecular weight excluding hydrogens is 552 g/mol. The van der Waals surface area contributed by atoms with Gasteiger partial charge in [0.1, 0.15) is 0 Å². The molecule has 8 heteroatoms. The Morgan fingerprint density at radius 1 is 0.659 bits per heavy atom. The predicted molar refractivity (Wildman–Crippen MR) is 175 cm³/mol. The summed E-state index contributed by atoms with van der Waals surface area (Å²) in [6, 6.07) is 29.1. The number of nitrogens with one attached hydrogen (secondary N) is 2. The molecule has 4 aromatic carbocycles. The highest BCUT2D eigenvalue weighted by Gasteiger charge is 2.14. The molecule has 2 N–H and O–H groups in total. The quantitative estimate of drug-likeness (QED) is 0.269. The van der Waals surface area contributed by atoms with Crippen LogP contribution in [0.25, 0.3) is 11.1 Å². The van der Waals surface area contributed by atoms with E-state index in [2.05, 4.69) is 20.4 Å². The average Bonchev–Trinajstić information content (AvgIpc) is 3.07. The summed E-state index contributed by atoms with van der Waals surface area (Å²) >= 11 is 0. The van der Waals surface area contributed by atoms with Crippen LogP contribution in [0.5, 0.6) is 0 Å². The van der Waals surface area contributed by atoms with Crippen LogP contribution in [0.15, 0.2) is 91.0 Å². The Morgan fingerprint density at radius 2 is 1.20 bits per heavy atom. The Kier molecular flexibility index (Phi) is 9.31. The van der Waals surface area contributed by atoms with Gasteiger partial charge in [0, 0.05) is 60.9 Å². The van der Waals surface area contributed by atoms with E-state index >= 15 is 0 Å². The number of carbonyl (C=O) groups excluding carboxylic acids is 2. The first-order valence-corrected chi connectivity index (χ1v) is 15.2. The summed E-state index contributed by atoms with van der Waals surface area (Å²) in [5.41, 5.74) is 7.96. The molecule has 0 spiro atoms. The maximum atomic E-state index is 13.1. The van der Waals surface area contributed by atoms with Gasteiger partial charge in [0.25, 0.3) is 11.8 Å². The van der Waals surface area contributed by atoms with Gasteiger partial charge in [0.15, 0.2) is 0 Å². The number of hydrogen-bond donors (Lipinski definition) is 2. The zero-order valence-corrected chi connectivity index (χ0v) is 25.1. The zero-order valence-electron chi connectivity index (χ0n) is 25.1. The smallest absolute Gasteiger partial charge is 0.255 e. The lowest BCUT2D eigenvalue weighted by atomic mass is 9.97. The Morgan fingerprint density at radius 3 is 1.84 bits per heavy atom. The second-order valence-electron chi connectivity index (χ2n) is 11.2. The summed E-state index contributed by atoms with van der Waals surface area (Å²) in [5.74, 6) is -0.311. The molecule has 0 bridgehead atoms. The molecule has 0 aromatic heterocycles. The molecule has 0 radical (unpaired) electrons. The van der Waals surface area contributed by atoms with Gasteiger partial charge in [-0.15, -0.1) is 0 Å². The normalized spacial score (nSPS) is 15.5. The van der Waals surface area contributed by atoms with Crippen molar-refractivity contribution in [3.8, 4) is 11.1 Å². The molecule has 2 aliphatic rings. The lowest BCUT2D eigenvalue weighted by molar-refractivity contribution is 0.0342. The van der Waals surface area contributed by atoms with Crippen LogP contribution in [0.3, 0.4) is 0 Å². The molecule has 2 saturated heterocycles. The minimum Gasteiger partial charge on any atom is -0.379 e. The van der Waals surface area contributed by atoms with Crippen LogP contribution < -0.4 is 15.5 Å². The maximum Gasteiger partial charge on any atom is 0.255 e. The first kappa shape index (κ1) is 29.6. The first-order valence-electron chi connectivity index (χ1n) is 15.2. The molecule has 0 aliphatic carbocycles. The van der Waals surface area contributed by atoms with Crippen molar-refractivity contribution in [3.63, 3.8) is 0 Å². The van der Waals surface area contributed by atoms with E-state index in [0.717, 1.165) is 87.2 Å². The summed E-state index contributed by atoms with van der Waals surface area (Å²) in [6.07, 6.45) is 0. The summed E-state index contributed by atoms with van der Waals surface area (Å²) in [5, 5.41) is 6.01. The summed E-state index contributed by atoms with van der Waals surface area (Å²) < 4.78 is 10.9. The van der Waals surface area contributed by atoms with Gasteiger partial charge in [-0.1, -0.05) is 30.3 Å². The number of benzene rings is 4. The fraction of sp³-hybridized carbons (Fsp3) is 0.278. The van der Waals surface area contributed by atoms with Gasteiger partial charge in [-0.05, 0) is 89.8 Å². The van der Waals surface area contributed by atoms with Crippen LogP contribution in [-0.2, 0) is 16.0 Å². The Hall–Kier alpha value is -4.50. The van der Waals surface area contributed by atoms with Gasteiger partial charge < -0.3 is 25.0 Å². The van der Waals surface area contributed by atoms with Crippen LogP contribution in [-0.4, -0.2) is 69.3 Å². The standard InChI is InChI=1S/C36H38N4O4/c1-26-2-5-30(36(42)38-32-12-14-33(15-13-32)40-18-22-44-23-19-40)24-34(26)28-8-10-31(11-9-28)37-35(41)29-6-3-27(4-7-29)25-39-16-20-43-21-17-39/h2-15,24H,16-23,25H2,1H3,(H,37,41)(H,38,42). The van der Waals surface area contributed by atoms with Crippen molar-refractivity contribution in [2.45, 2.75) is 13.5 Å². The van der Waals surface area contributed by atoms with Gasteiger partial charge in [0.2, 0.25) is 0 Å². The Bertz CT molecular complexity index is 1570. The lowest BCUT2D eigenvalue weighted by Gasteiger charge is -2.28. The van der Waals surface area contributed by atoms with Crippen molar-refractivity contribution < 1.29 is 19.1 Å². The number of carbonyl (C=O) groups is 2. The molecule has 0 atom stereocenters. The molecule has 8 nitrogen and oxygen atoms in total. The SMILES string of the molecule is Cc1ccc(C(=O)Nc2ccc(N3CCOCC3)cc2)cc1-c1ccc(NC(=O)c2ccc(CN3CCOCC3)cc2)cc1. The van der Waals surface area contributed by atoms with Crippen molar-refractivity contribution in [2.24, 2.45) is 0 Å². The molecule has 226 valence electrons. The molecule has 6 rings (SSSR count). The van der Waals surface area contributed by atoms with E-state index in [9.17, 15) is 9.59 Å². The topological polar surface area (TPSA) is 83.1 Å². The van der Waals surface area contributed by atoms with E-state index in [4.69, 9.17) is 9.47 Å². The maximum absolute atomic E-state index is 13.1. The van der Waals surface area contributed by atoms with Gasteiger partial charge in [0.05, 0.1) is 26.4 Å². The number of rotatable bonds is 8. The molecule has 2 fully saturated rings. The van der Waals surface area contributed by atoms with Crippen LogP contribution >= 0.6 is 0 Å². The molecule has 44 heavy (non-hydrogen) atoms.